The average molecular weight is 811 g/mol. The highest BCUT2D eigenvalue weighted by Gasteiger charge is 2.21. The van der Waals surface area contributed by atoms with Crippen LogP contribution in [-0.2, 0) is 0 Å². The smallest absolute Gasteiger partial charge is 0.0547 e. The van der Waals surface area contributed by atoms with Crippen molar-refractivity contribution in [3.8, 4) is 33.6 Å². The van der Waals surface area contributed by atoms with E-state index in [1.54, 1.807) is 0 Å². The van der Waals surface area contributed by atoms with Crippen LogP contribution in [0.25, 0.3) is 131 Å². The SMILES string of the molecule is c1ccc(-c2ccc(-n3c4ccccc4c4cc(-c5ccc6c(c5)c5ccccc5n6-c5cc6c7ccccc7c7ccccc7c6c6c5ccc5ccccc56)ccc43)cc2)cc1. The normalized spacial score (nSPS) is 12.1. The molecule has 0 atom stereocenters. The average Bonchev–Trinajstić information content (AvgIpc) is 3.88. The first-order valence-corrected chi connectivity index (χ1v) is 22.2. The maximum atomic E-state index is 2.52. The highest BCUT2D eigenvalue weighted by molar-refractivity contribution is 6.36. The molecule has 296 valence electrons. The highest BCUT2D eigenvalue weighted by atomic mass is 15.0. The zero-order valence-electron chi connectivity index (χ0n) is 34.8. The summed E-state index contributed by atoms with van der Waals surface area (Å²) in [6.45, 7) is 0. The molecule has 0 bridgehead atoms. The number of nitrogens with zero attached hydrogens (tertiary/aromatic N) is 2. The van der Waals surface area contributed by atoms with E-state index in [-0.39, 0.29) is 0 Å². The zero-order chi connectivity index (χ0) is 41.9. The molecule has 2 aromatic heterocycles. The van der Waals surface area contributed by atoms with Gasteiger partial charge in [0.15, 0.2) is 0 Å². The van der Waals surface area contributed by atoms with Gasteiger partial charge in [-0.25, -0.2) is 0 Å². The summed E-state index contributed by atoms with van der Waals surface area (Å²) in [4.78, 5) is 0. The van der Waals surface area contributed by atoms with E-state index in [0.29, 0.717) is 0 Å². The lowest BCUT2D eigenvalue weighted by Gasteiger charge is -2.19. The molecule has 0 aliphatic heterocycles. The van der Waals surface area contributed by atoms with Crippen molar-refractivity contribution in [2.24, 2.45) is 0 Å². The monoisotopic (exact) mass is 810 g/mol. The van der Waals surface area contributed by atoms with E-state index in [1.165, 1.54) is 125 Å². The molecule has 0 N–H and O–H groups in total. The Hall–Kier alpha value is -8.46. The number of para-hydroxylation sites is 2. The number of hydrogen-bond acceptors (Lipinski definition) is 0. The third kappa shape index (κ3) is 5.02. The van der Waals surface area contributed by atoms with Crippen LogP contribution < -0.4 is 0 Å². The van der Waals surface area contributed by atoms with E-state index in [0.717, 1.165) is 5.69 Å². The lowest BCUT2D eigenvalue weighted by molar-refractivity contribution is 1.18. The summed E-state index contributed by atoms with van der Waals surface area (Å²) >= 11 is 0. The molecule has 14 rings (SSSR count). The van der Waals surface area contributed by atoms with Crippen molar-refractivity contribution in [2.45, 2.75) is 0 Å². The van der Waals surface area contributed by atoms with E-state index in [1.807, 2.05) is 0 Å². The third-order valence-electron chi connectivity index (χ3n) is 13.9. The second-order valence-corrected chi connectivity index (χ2v) is 17.2. The summed E-state index contributed by atoms with van der Waals surface area (Å²) in [7, 11) is 0. The van der Waals surface area contributed by atoms with Crippen LogP contribution in [0.4, 0.5) is 0 Å². The second-order valence-electron chi connectivity index (χ2n) is 17.2. The Balaban J connectivity index is 0.992. The molecular formula is C62H38N2. The Bertz CT molecular complexity index is 4220. The summed E-state index contributed by atoms with van der Waals surface area (Å²) in [5.74, 6) is 0. The molecule has 2 heterocycles. The van der Waals surface area contributed by atoms with E-state index < -0.39 is 0 Å². The van der Waals surface area contributed by atoms with Gasteiger partial charge in [-0.05, 0) is 120 Å². The van der Waals surface area contributed by atoms with Gasteiger partial charge in [0.05, 0.1) is 27.8 Å². The Labute approximate surface area is 369 Å². The Kier molecular flexibility index (Phi) is 7.43. The summed E-state index contributed by atoms with van der Waals surface area (Å²) in [5.41, 5.74) is 12.0. The molecule has 0 amide bonds. The van der Waals surface area contributed by atoms with Gasteiger partial charge in [-0.2, -0.15) is 0 Å². The topological polar surface area (TPSA) is 9.86 Å². The van der Waals surface area contributed by atoms with E-state index in [9.17, 15) is 0 Å². The number of benzene rings is 12. The van der Waals surface area contributed by atoms with Crippen molar-refractivity contribution in [3.05, 3.63) is 231 Å². The van der Waals surface area contributed by atoms with Crippen molar-refractivity contribution in [1.82, 2.24) is 9.13 Å². The Morgan fingerprint density at radius 2 is 0.672 bits per heavy atom. The van der Waals surface area contributed by atoms with Crippen LogP contribution in [0.3, 0.4) is 0 Å². The van der Waals surface area contributed by atoms with Gasteiger partial charge in [0.25, 0.3) is 0 Å². The second kappa shape index (κ2) is 13.5. The molecule has 2 heteroatoms. The quantitative estimate of drug-likeness (QED) is 0.157. The predicted molar refractivity (Wildman–Crippen MR) is 274 cm³/mol. The van der Waals surface area contributed by atoms with Crippen LogP contribution in [0.5, 0.6) is 0 Å². The standard InChI is InChI=1S/C62H38N2/c1-2-14-39(15-3-1)40-26-31-44(32-27-40)63-56-24-12-10-21-49(56)53-36-42(29-34-58(53)63)43-30-35-59-54(37-43)50-22-11-13-25-57(50)64(59)60-38-55-48-20-7-6-18-46(48)47-19-8-9-23-51(47)62(55)61-45-17-5-4-16-41(45)28-33-52(60)61/h1-38H. The molecule has 0 fully saturated rings. The Morgan fingerprint density at radius 3 is 1.34 bits per heavy atom. The first-order chi connectivity index (χ1) is 31.8. The molecule has 12 aromatic carbocycles. The molecular weight excluding hydrogens is 773 g/mol. The van der Waals surface area contributed by atoms with Crippen LogP contribution in [-0.4, -0.2) is 9.13 Å². The van der Waals surface area contributed by atoms with Gasteiger partial charge in [-0.1, -0.05) is 176 Å². The highest BCUT2D eigenvalue weighted by Crippen LogP contribution is 2.46. The lowest BCUT2D eigenvalue weighted by Crippen LogP contribution is -1.97. The molecule has 0 aliphatic rings. The maximum Gasteiger partial charge on any atom is 0.0547 e. The van der Waals surface area contributed by atoms with Crippen molar-refractivity contribution in [3.63, 3.8) is 0 Å². The predicted octanol–water partition coefficient (Wildman–Crippen LogP) is 17.0. The summed E-state index contributed by atoms with van der Waals surface area (Å²) in [6.07, 6.45) is 0. The van der Waals surface area contributed by atoms with Gasteiger partial charge in [-0.15, -0.1) is 0 Å². The maximum absolute atomic E-state index is 2.52. The van der Waals surface area contributed by atoms with Crippen molar-refractivity contribution < 1.29 is 0 Å². The van der Waals surface area contributed by atoms with Crippen LogP contribution in [0.15, 0.2) is 231 Å². The van der Waals surface area contributed by atoms with Gasteiger partial charge in [-0.3, -0.25) is 0 Å². The summed E-state index contributed by atoms with van der Waals surface area (Å²) in [6, 6.07) is 85.3. The van der Waals surface area contributed by atoms with Crippen molar-refractivity contribution in [1.29, 1.82) is 0 Å². The first-order valence-electron chi connectivity index (χ1n) is 22.2. The fourth-order valence-electron chi connectivity index (χ4n) is 11.0. The van der Waals surface area contributed by atoms with E-state index in [4.69, 9.17) is 0 Å². The number of fused-ring (bicyclic) bond motifs is 16. The molecule has 2 nitrogen and oxygen atoms in total. The van der Waals surface area contributed by atoms with Crippen LogP contribution in [0, 0.1) is 0 Å². The molecule has 64 heavy (non-hydrogen) atoms. The molecule has 0 saturated carbocycles. The minimum Gasteiger partial charge on any atom is -0.309 e. The molecule has 0 aliphatic carbocycles. The molecule has 0 spiro atoms. The molecule has 0 saturated heterocycles. The largest absolute Gasteiger partial charge is 0.309 e. The van der Waals surface area contributed by atoms with Crippen LogP contribution in [0.2, 0.25) is 0 Å². The zero-order valence-corrected chi connectivity index (χ0v) is 34.8. The minimum atomic E-state index is 1.16. The Morgan fingerprint density at radius 1 is 0.219 bits per heavy atom. The third-order valence-corrected chi connectivity index (χ3v) is 13.9. The van der Waals surface area contributed by atoms with Gasteiger partial charge in [0.1, 0.15) is 0 Å². The fraction of sp³-hybridized carbons (Fsp3) is 0. The van der Waals surface area contributed by atoms with Gasteiger partial charge < -0.3 is 9.13 Å². The molecule has 14 aromatic rings. The van der Waals surface area contributed by atoms with Crippen molar-refractivity contribution in [2.75, 3.05) is 0 Å². The van der Waals surface area contributed by atoms with Crippen LogP contribution >= 0.6 is 0 Å². The first kappa shape index (κ1) is 35.2. The van der Waals surface area contributed by atoms with Crippen molar-refractivity contribution >= 4 is 97.5 Å². The summed E-state index contributed by atoms with van der Waals surface area (Å²) < 4.78 is 4.93. The number of rotatable bonds is 4. The van der Waals surface area contributed by atoms with Gasteiger partial charge >= 0.3 is 0 Å². The fourth-order valence-corrected chi connectivity index (χ4v) is 11.0. The number of hydrogen-bond donors (Lipinski definition) is 0. The van der Waals surface area contributed by atoms with Gasteiger partial charge in [0.2, 0.25) is 0 Å². The van der Waals surface area contributed by atoms with Crippen LogP contribution in [0.1, 0.15) is 0 Å². The molecule has 0 radical (unpaired) electrons. The minimum absolute atomic E-state index is 1.16. The molecule has 0 unspecified atom stereocenters. The van der Waals surface area contributed by atoms with E-state index in [2.05, 4.69) is 240 Å². The van der Waals surface area contributed by atoms with Gasteiger partial charge in [0, 0.05) is 38.0 Å². The number of aromatic nitrogens is 2. The summed E-state index contributed by atoms with van der Waals surface area (Å²) in [5, 5.41) is 17.8. The lowest BCUT2D eigenvalue weighted by atomic mass is 9.88. The van der Waals surface area contributed by atoms with E-state index >= 15 is 0 Å².